The molecule has 0 spiro atoms. The van der Waals surface area contributed by atoms with Gasteiger partial charge in [0, 0.05) is 19.0 Å². The Kier molecular flexibility index (Phi) is 3.90. The summed E-state index contributed by atoms with van der Waals surface area (Å²) in [5, 5.41) is 0.657. The number of carbonyl (C=O) groups is 1. The second kappa shape index (κ2) is 4.19. The lowest BCUT2D eigenvalue weighted by Crippen LogP contribution is -1.89. The van der Waals surface area contributed by atoms with E-state index in [9.17, 15) is 4.79 Å². The Bertz CT molecular complexity index is 243. The Morgan fingerprint density at radius 3 is 2.09 bits per heavy atom. The zero-order valence-corrected chi connectivity index (χ0v) is 6.93. The fourth-order valence-electron chi connectivity index (χ4n) is 0.685. The summed E-state index contributed by atoms with van der Waals surface area (Å²) < 4.78 is 0. The molecule has 0 aliphatic rings. The summed E-state index contributed by atoms with van der Waals surface area (Å²) in [5.74, 6) is 0.0664. The molecule has 0 heterocycles. The van der Waals surface area contributed by atoms with Gasteiger partial charge in [0.1, 0.15) is 0 Å². The summed E-state index contributed by atoms with van der Waals surface area (Å²) in [4.78, 5) is 10.7. The molecule has 1 aromatic carbocycles. The van der Waals surface area contributed by atoms with E-state index in [4.69, 9.17) is 11.6 Å². The fourth-order valence-corrected chi connectivity index (χ4v) is 0.811. The number of carbonyl (C=O) groups excluding carboxylic acids is 1. The van der Waals surface area contributed by atoms with Gasteiger partial charge in [-0.15, -0.1) is 0 Å². The van der Waals surface area contributed by atoms with Crippen LogP contribution in [0, 0.1) is 0 Å². The minimum atomic E-state index is 0. The molecule has 0 aromatic heterocycles. The Morgan fingerprint density at radius 1 is 1.27 bits per heavy atom. The third-order valence-electron chi connectivity index (χ3n) is 1.25. The van der Waals surface area contributed by atoms with Crippen molar-refractivity contribution in [2.24, 2.45) is 0 Å². The van der Waals surface area contributed by atoms with Gasteiger partial charge in [-0.3, -0.25) is 4.79 Å². The van der Waals surface area contributed by atoms with Crippen molar-refractivity contribution in [3.63, 3.8) is 0 Å². The molecule has 0 aliphatic heterocycles. The van der Waals surface area contributed by atoms with E-state index in [1.165, 1.54) is 6.92 Å². The maximum absolute atomic E-state index is 10.7. The van der Waals surface area contributed by atoms with Gasteiger partial charge < -0.3 is 0 Å². The molecular weight excluding hydrogens is 158 g/mol. The lowest BCUT2D eigenvalue weighted by molar-refractivity contribution is 0.101. The van der Waals surface area contributed by atoms with E-state index < -0.39 is 0 Å². The van der Waals surface area contributed by atoms with E-state index in [0.717, 1.165) is 0 Å². The van der Waals surface area contributed by atoms with Crippen LogP contribution in [0.1, 0.15) is 17.3 Å². The Labute approximate surface area is 72.9 Å². The van der Waals surface area contributed by atoms with Crippen molar-refractivity contribution in [2.45, 2.75) is 6.92 Å². The summed E-state index contributed by atoms with van der Waals surface area (Å²) in [6.45, 7) is 1.53. The van der Waals surface area contributed by atoms with Gasteiger partial charge in [-0.1, -0.05) is 11.6 Å². The van der Waals surface area contributed by atoms with Gasteiger partial charge >= 0.3 is 0 Å². The monoisotopic (exact) mass is 165 g/mol. The standard InChI is InChI=1S/C8H7ClO.B/c1-6(10)7-2-4-8(9)5-3-7;/h2-5H,1H3;. The molecule has 1 nitrogen and oxygen atoms in total. The van der Waals surface area contributed by atoms with Crippen LogP contribution in [-0.4, -0.2) is 14.2 Å². The van der Waals surface area contributed by atoms with Gasteiger partial charge in [0.05, 0.1) is 0 Å². The molecule has 0 amide bonds. The SMILES string of the molecule is CC(=O)c1ccc(Cl)cc1.[B]. The molecule has 1 aromatic rings. The number of hydrogen-bond acceptors (Lipinski definition) is 1. The molecule has 0 bridgehead atoms. The summed E-state index contributed by atoms with van der Waals surface area (Å²) in [6.07, 6.45) is 0. The van der Waals surface area contributed by atoms with Crippen LogP contribution in [0.3, 0.4) is 0 Å². The average Bonchev–Trinajstić information content (AvgIpc) is 1.88. The highest BCUT2D eigenvalue weighted by atomic mass is 35.5. The Balaban J connectivity index is 0.000001000. The van der Waals surface area contributed by atoms with Crippen LogP contribution in [0.2, 0.25) is 5.02 Å². The molecule has 0 atom stereocenters. The van der Waals surface area contributed by atoms with Crippen LogP contribution >= 0.6 is 11.6 Å². The van der Waals surface area contributed by atoms with Crippen LogP contribution in [0.4, 0.5) is 0 Å². The van der Waals surface area contributed by atoms with E-state index in [1.807, 2.05) is 0 Å². The molecule has 0 N–H and O–H groups in total. The van der Waals surface area contributed by atoms with E-state index in [2.05, 4.69) is 0 Å². The number of halogens is 1. The molecule has 0 fully saturated rings. The molecule has 1 rings (SSSR count). The van der Waals surface area contributed by atoms with Crippen molar-refractivity contribution >= 4 is 25.8 Å². The lowest BCUT2D eigenvalue weighted by Gasteiger charge is -1.92. The zero-order chi connectivity index (χ0) is 7.56. The first-order valence-corrected chi connectivity index (χ1v) is 3.34. The molecule has 55 valence electrons. The Hall–Kier alpha value is -0.755. The molecule has 3 heteroatoms. The highest BCUT2D eigenvalue weighted by Gasteiger charge is 1.95. The second-order valence-corrected chi connectivity index (χ2v) is 2.50. The maximum atomic E-state index is 10.7. The highest BCUT2D eigenvalue weighted by molar-refractivity contribution is 6.30. The quantitative estimate of drug-likeness (QED) is 0.460. The van der Waals surface area contributed by atoms with Gasteiger partial charge in [0.25, 0.3) is 0 Å². The topological polar surface area (TPSA) is 17.1 Å². The summed E-state index contributed by atoms with van der Waals surface area (Å²) in [7, 11) is 0. The predicted molar refractivity (Wildman–Crippen MR) is 47.2 cm³/mol. The zero-order valence-electron chi connectivity index (χ0n) is 6.17. The largest absolute Gasteiger partial charge is 0.295 e. The van der Waals surface area contributed by atoms with Gasteiger partial charge in [0.15, 0.2) is 5.78 Å². The number of ketones is 1. The normalized spacial score (nSPS) is 8.55. The minimum Gasteiger partial charge on any atom is -0.295 e. The number of Topliss-reactive ketones (excluding diaryl/α,β-unsaturated/α-hetero) is 1. The summed E-state index contributed by atoms with van der Waals surface area (Å²) >= 11 is 5.61. The molecule has 0 aliphatic carbocycles. The summed E-state index contributed by atoms with van der Waals surface area (Å²) in [5.41, 5.74) is 0.699. The highest BCUT2D eigenvalue weighted by Crippen LogP contribution is 2.09. The van der Waals surface area contributed by atoms with E-state index >= 15 is 0 Å². The van der Waals surface area contributed by atoms with Crippen LogP contribution in [-0.2, 0) is 0 Å². The minimum absolute atomic E-state index is 0. The van der Waals surface area contributed by atoms with Crippen molar-refractivity contribution in [1.29, 1.82) is 0 Å². The number of hydrogen-bond donors (Lipinski definition) is 0. The first-order chi connectivity index (χ1) is 4.70. The number of rotatable bonds is 1. The van der Waals surface area contributed by atoms with Gasteiger partial charge in [-0.25, -0.2) is 0 Å². The van der Waals surface area contributed by atoms with Crippen LogP contribution < -0.4 is 0 Å². The lowest BCUT2D eigenvalue weighted by atomic mass is 10.2. The Morgan fingerprint density at radius 2 is 1.73 bits per heavy atom. The van der Waals surface area contributed by atoms with Crippen molar-refractivity contribution < 1.29 is 4.79 Å². The summed E-state index contributed by atoms with van der Waals surface area (Å²) in [6, 6.07) is 6.84. The molecule has 11 heavy (non-hydrogen) atoms. The van der Waals surface area contributed by atoms with Crippen LogP contribution in [0.5, 0.6) is 0 Å². The molecule has 0 unspecified atom stereocenters. The van der Waals surface area contributed by atoms with Gasteiger partial charge in [0.2, 0.25) is 0 Å². The molecule has 0 saturated heterocycles. The van der Waals surface area contributed by atoms with Gasteiger partial charge in [-0.2, -0.15) is 0 Å². The molecule has 3 radical (unpaired) electrons. The first kappa shape index (κ1) is 10.2. The van der Waals surface area contributed by atoms with Crippen molar-refractivity contribution in [2.75, 3.05) is 0 Å². The van der Waals surface area contributed by atoms with E-state index in [-0.39, 0.29) is 14.2 Å². The predicted octanol–water partition coefficient (Wildman–Crippen LogP) is 2.16. The first-order valence-electron chi connectivity index (χ1n) is 2.96. The smallest absolute Gasteiger partial charge is 0.159 e. The van der Waals surface area contributed by atoms with Crippen LogP contribution in [0.15, 0.2) is 24.3 Å². The average molecular weight is 165 g/mol. The molecule has 0 saturated carbocycles. The van der Waals surface area contributed by atoms with Crippen molar-refractivity contribution in [3.05, 3.63) is 34.9 Å². The van der Waals surface area contributed by atoms with Crippen LogP contribution in [0.25, 0.3) is 0 Å². The maximum Gasteiger partial charge on any atom is 0.159 e. The van der Waals surface area contributed by atoms with Gasteiger partial charge in [-0.05, 0) is 31.2 Å². The third-order valence-corrected chi connectivity index (χ3v) is 1.50. The van der Waals surface area contributed by atoms with Crippen molar-refractivity contribution in [1.82, 2.24) is 0 Å². The van der Waals surface area contributed by atoms with Crippen molar-refractivity contribution in [3.8, 4) is 0 Å². The van der Waals surface area contributed by atoms with E-state index in [1.54, 1.807) is 24.3 Å². The number of benzene rings is 1. The fraction of sp³-hybridized carbons (Fsp3) is 0.125. The molecular formula is C8H7BClO. The third kappa shape index (κ3) is 2.77. The van der Waals surface area contributed by atoms with E-state index in [0.29, 0.717) is 10.6 Å². The second-order valence-electron chi connectivity index (χ2n) is 2.06.